The van der Waals surface area contributed by atoms with Crippen LogP contribution < -0.4 is 0 Å². The molecular formula is C6H6Br5Cl. The van der Waals surface area contributed by atoms with Gasteiger partial charge in [0.05, 0.1) is 5.38 Å². The molecule has 0 N–H and O–H groups in total. The number of alkyl halides is 6. The highest BCUT2D eigenvalue weighted by Crippen LogP contribution is 2.43. The Bertz CT molecular complexity index is 107. The Morgan fingerprint density at radius 1 is 0.583 bits per heavy atom. The molecule has 6 heteroatoms. The summed E-state index contributed by atoms with van der Waals surface area (Å²) >= 11 is 24.1. The second-order valence-electron chi connectivity index (χ2n) is 2.67. The molecule has 0 amide bonds. The molecule has 0 aromatic heterocycles. The van der Waals surface area contributed by atoms with Gasteiger partial charge >= 0.3 is 0 Å². The van der Waals surface area contributed by atoms with Crippen molar-refractivity contribution in [3.05, 3.63) is 0 Å². The number of hydrogen-bond acceptors (Lipinski definition) is 0. The SMILES string of the molecule is ClC1[C@@H](Br)[C@@H](Br)C(Br)[C@@H](Br)[C@H]1Br. The molecule has 0 aromatic rings. The Labute approximate surface area is 119 Å². The van der Waals surface area contributed by atoms with Gasteiger partial charge in [0.25, 0.3) is 0 Å². The first-order valence-corrected chi connectivity index (χ1v) is 8.32. The largest absolute Gasteiger partial charge is 0.120 e. The third-order valence-corrected chi connectivity index (χ3v) is 11.5. The zero-order valence-corrected chi connectivity index (χ0v) is 14.4. The van der Waals surface area contributed by atoms with Gasteiger partial charge in [-0.15, -0.1) is 11.6 Å². The van der Waals surface area contributed by atoms with E-state index in [0.29, 0.717) is 14.5 Å². The Kier molecular flexibility index (Phi) is 5.48. The smallest absolute Gasteiger partial charge is 0.0608 e. The average molecular weight is 513 g/mol. The van der Waals surface area contributed by atoms with Crippen LogP contribution in [0.15, 0.2) is 0 Å². The van der Waals surface area contributed by atoms with Crippen molar-refractivity contribution in [3.8, 4) is 0 Å². The molecule has 1 fully saturated rings. The summed E-state index contributed by atoms with van der Waals surface area (Å²) in [5.74, 6) is 0. The fraction of sp³-hybridized carbons (Fsp3) is 1.00. The van der Waals surface area contributed by atoms with Crippen molar-refractivity contribution in [2.24, 2.45) is 0 Å². The maximum Gasteiger partial charge on any atom is 0.0608 e. The van der Waals surface area contributed by atoms with E-state index in [2.05, 4.69) is 79.6 Å². The Morgan fingerprint density at radius 3 is 1.17 bits per heavy atom. The Hall–Kier alpha value is 2.69. The van der Waals surface area contributed by atoms with Crippen LogP contribution in [0.3, 0.4) is 0 Å². The molecule has 0 radical (unpaired) electrons. The van der Waals surface area contributed by atoms with E-state index in [0.717, 1.165) is 0 Å². The van der Waals surface area contributed by atoms with Crippen LogP contribution in [-0.2, 0) is 0 Å². The molecule has 0 nitrogen and oxygen atoms in total. The molecule has 0 heterocycles. The highest BCUT2D eigenvalue weighted by Gasteiger charge is 2.45. The first-order valence-electron chi connectivity index (χ1n) is 3.31. The third-order valence-electron chi connectivity index (χ3n) is 1.83. The second-order valence-corrected chi connectivity index (χ2v) is 8.46. The quantitative estimate of drug-likeness (QED) is 0.421. The van der Waals surface area contributed by atoms with Gasteiger partial charge in [0.15, 0.2) is 0 Å². The van der Waals surface area contributed by atoms with Gasteiger partial charge in [-0.2, -0.15) is 0 Å². The van der Waals surface area contributed by atoms with E-state index in [4.69, 9.17) is 11.6 Å². The van der Waals surface area contributed by atoms with Crippen molar-refractivity contribution < 1.29 is 0 Å². The van der Waals surface area contributed by atoms with E-state index in [1.54, 1.807) is 0 Å². The molecule has 0 aromatic carbocycles. The lowest BCUT2D eigenvalue weighted by Gasteiger charge is -2.39. The summed E-state index contributed by atoms with van der Waals surface area (Å²) < 4.78 is 0. The summed E-state index contributed by atoms with van der Waals surface area (Å²) in [6.45, 7) is 0. The van der Waals surface area contributed by atoms with E-state index in [-0.39, 0.29) is 15.0 Å². The molecule has 6 atom stereocenters. The molecule has 0 saturated heterocycles. The van der Waals surface area contributed by atoms with Gasteiger partial charge in [-0.05, 0) is 0 Å². The summed E-state index contributed by atoms with van der Waals surface area (Å²) in [5, 5.41) is 0.0903. The monoisotopic (exact) mass is 508 g/mol. The highest BCUT2D eigenvalue weighted by molar-refractivity contribution is 9.15. The van der Waals surface area contributed by atoms with Gasteiger partial charge < -0.3 is 0 Å². The van der Waals surface area contributed by atoms with Crippen LogP contribution in [0.1, 0.15) is 0 Å². The van der Waals surface area contributed by atoms with Crippen LogP contribution in [0.5, 0.6) is 0 Å². The maximum absolute atomic E-state index is 6.20. The molecule has 0 bridgehead atoms. The van der Waals surface area contributed by atoms with Gasteiger partial charge in [-0.25, -0.2) is 0 Å². The van der Waals surface area contributed by atoms with Gasteiger partial charge in [0, 0.05) is 24.1 Å². The minimum atomic E-state index is 0.0903. The lowest BCUT2D eigenvalue weighted by molar-refractivity contribution is 0.600. The summed E-state index contributed by atoms with van der Waals surface area (Å²) in [5.41, 5.74) is 0. The lowest BCUT2D eigenvalue weighted by atomic mass is 9.99. The Balaban J connectivity index is 2.76. The zero-order chi connectivity index (χ0) is 9.46. The minimum Gasteiger partial charge on any atom is -0.120 e. The van der Waals surface area contributed by atoms with Crippen LogP contribution in [-0.4, -0.2) is 29.5 Å². The first-order chi connectivity index (χ1) is 5.46. The normalized spacial score (nSPS) is 55.5. The average Bonchev–Trinajstić information content (AvgIpc) is 2.08. The van der Waals surface area contributed by atoms with E-state index in [9.17, 15) is 0 Å². The number of halogens is 6. The zero-order valence-electron chi connectivity index (χ0n) is 5.73. The fourth-order valence-electron chi connectivity index (χ4n) is 1.05. The summed E-state index contributed by atoms with van der Waals surface area (Å²) in [4.78, 5) is 1.63. The van der Waals surface area contributed by atoms with E-state index in [1.165, 1.54) is 0 Å². The van der Waals surface area contributed by atoms with E-state index < -0.39 is 0 Å². The topological polar surface area (TPSA) is 0 Å². The molecule has 1 aliphatic rings. The number of rotatable bonds is 0. The third kappa shape index (κ3) is 2.43. The molecule has 2 unspecified atom stereocenters. The minimum absolute atomic E-state index is 0.0903. The van der Waals surface area contributed by atoms with E-state index in [1.807, 2.05) is 0 Å². The van der Waals surface area contributed by atoms with Crippen LogP contribution in [0, 0.1) is 0 Å². The van der Waals surface area contributed by atoms with Crippen molar-refractivity contribution in [2.75, 3.05) is 0 Å². The van der Waals surface area contributed by atoms with Crippen LogP contribution in [0.4, 0.5) is 0 Å². The molecule has 0 spiro atoms. The predicted molar refractivity (Wildman–Crippen MR) is 73.2 cm³/mol. The van der Waals surface area contributed by atoms with Crippen molar-refractivity contribution in [2.45, 2.75) is 29.5 Å². The molecule has 12 heavy (non-hydrogen) atoms. The summed E-state index contributed by atoms with van der Waals surface area (Å²) in [6, 6.07) is 0. The molecule has 72 valence electrons. The van der Waals surface area contributed by atoms with Crippen LogP contribution in [0.25, 0.3) is 0 Å². The fourth-order valence-corrected chi connectivity index (χ4v) is 6.65. The van der Waals surface area contributed by atoms with Crippen molar-refractivity contribution in [1.29, 1.82) is 0 Å². The van der Waals surface area contributed by atoms with Gasteiger partial charge in [-0.1, -0.05) is 79.6 Å². The second kappa shape index (κ2) is 5.15. The van der Waals surface area contributed by atoms with Gasteiger partial charge in [-0.3, -0.25) is 0 Å². The van der Waals surface area contributed by atoms with E-state index >= 15 is 0 Å². The molecule has 1 rings (SSSR count). The molecule has 1 aliphatic carbocycles. The standard InChI is InChI=1S/C6H6Br5Cl/c7-1-2(8)4(10)6(12)5(11)3(1)9/h1-6H/t1?,2-,3+,4-,5+,6?. The predicted octanol–water partition coefficient (Wildman–Crippen LogP) is 4.42. The van der Waals surface area contributed by atoms with Crippen molar-refractivity contribution in [3.63, 3.8) is 0 Å². The highest BCUT2D eigenvalue weighted by atomic mass is 79.9. The Morgan fingerprint density at radius 2 is 0.833 bits per heavy atom. The summed E-state index contributed by atoms with van der Waals surface area (Å²) in [6.07, 6.45) is 0. The summed E-state index contributed by atoms with van der Waals surface area (Å²) in [7, 11) is 0. The molecule has 0 aliphatic heterocycles. The van der Waals surface area contributed by atoms with Crippen molar-refractivity contribution >= 4 is 91.3 Å². The lowest BCUT2D eigenvalue weighted by Crippen LogP contribution is -2.50. The molecule has 1 saturated carbocycles. The molecular weight excluding hydrogens is 507 g/mol. The van der Waals surface area contributed by atoms with Gasteiger partial charge in [0.2, 0.25) is 0 Å². The maximum atomic E-state index is 6.20. The van der Waals surface area contributed by atoms with Crippen molar-refractivity contribution in [1.82, 2.24) is 0 Å². The van der Waals surface area contributed by atoms with Crippen LogP contribution >= 0.6 is 91.3 Å². The first kappa shape index (κ1) is 12.8. The number of hydrogen-bond donors (Lipinski definition) is 0. The van der Waals surface area contributed by atoms with Gasteiger partial charge in [0.1, 0.15) is 0 Å². The van der Waals surface area contributed by atoms with Crippen LogP contribution in [0.2, 0.25) is 0 Å².